The minimum absolute atomic E-state index is 0.0109. The van der Waals surface area contributed by atoms with E-state index in [9.17, 15) is 9.59 Å². The lowest BCUT2D eigenvalue weighted by molar-refractivity contribution is -0.137. The van der Waals surface area contributed by atoms with Crippen molar-refractivity contribution < 1.29 is 28.9 Å². The summed E-state index contributed by atoms with van der Waals surface area (Å²) < 4.78 is 16.0. The van der Waals surface area contributed by atoms with Gasteiger partial charge in [-0.05, 0) is 19.2 Å². The van der Waals surface area contributed by atoms with Crippen LogP contribution in [0.3, 0.4) is 0 Å². The Bertz CT molecular complexity index is 563. The van der Waals surface area contributed by atoms with Crippen LogP contribution in [-0.2, 0) is 9.59 Å². The number of nitrogens with zero attached hydrogens (tertiary/aromatic N) is 1. The van der Waals surface area contributed by atoms with Crippen molar-refractivity contribution in [1.82, 2.24) is 10.2 Å². The number of likely N-dealkylation sites (N-methyl/N-ethyl adjacent to an activating group) is 1. The average Bonchev–Trinajstić information content (AvgIpc) is 2.97. The van der Waals surface area contributed by atoms with E-state index in [0.29, 0.717) is 36.9 Å². The molecule has 8 heteroatoms. The van der Waals surface area contributed by atoms with Gasteiger partial charge in [-0.15, -0.1) is 0 Å². The number of ether oxygens (including phenoxy) is 3. The molecule has 1 aromatic rings. The summed E-state index contributed by atoms with van der Waals surface area (Å²) in [6.07, 6.45) is 0.0109. The van der Waals surface area contributed by atoms with Gasteiger partial charge in [-0.1, -0.05) is 0 Å². The molecular formula is C15H20N2O6. The van der Waals surface area contributed by atoms with Crippen molar-refractivity contribution in [2.75, 3.05) is 40.1 Å². The normalized spacial score (nSPS) is 12.3. The van der Waals surface area contributed by atoms with E-state index < -0.39 is 5.97 Å². The zero-order valence-corrected chi connectivity index (χ0v) is 12.9. The van der Waals surface area contributed by atoms with Gasteiger partial charge in [0, 0.05) is 12.6 Å². The summed E-state index contributed by atoms with van der Waals surface area (Å²) in [6.45, 7) is 1.38. The third-order valence-corrected chi connectivity index (χ3v) is 3.16. The molecule has 0 saturated carbocycles. The van der Waals surface area contributed by atoms with Gasteiger partial charge in [0.1, 0.15) is 12.4 Å². The van der Waals surface area contributed by atoms with E-state index in [-0.39, 0.29) is 25.7 Å². The Morgan fingerprint density at radius 2 is 2.13 bits per heavy atom. The van der Waals surface area contributed by atoms with Crippen LogP contribution >= 0.6 is 0 Å². The Morgan fingerprint density at radius 1 is 1.35 bits per heavy atom. The monoisotopic (exact) mass is 324 g/mol. The van der Waals surface area contributed by atoms with Gasteiger partial charge in [-0.25, -0.2) is 0 Å². The quantitative estimate of drug-likeness (QED) is 0.631. The second kappa shape index (κ2) is 8.23. The highest BCUT2D eigenvalue weighted by molar-refractivity contribution is 5.78. The summed E-state index contributed by atoms with van der Waals surface area (Å²) in [4.78, 5) is 23.8. The first-order chi connectivity index (χ1) is 11.0. The Morgan fingerprint density at radius 3 is 2.91 bits per heavy atom. The third-order valence-electron chi connectivity index (χ3n) is 3.16. The van der Waals surface area contributed by atoms with Crippen LogP contribution < -0.4 is 19.5 Å². The Labute approximate surface area is 133 Å². The number of nitrogens with one attached hydrogen (secondary N) is 1. The molecule has 1 aliphatic heterocycles. The van der Waals surface area contributed by atoms with Crippen LogP contribution in [0.2, 0.25) is 0 Å². The molecule has 0 bridgehead atoms. The largest absolute Gasteiger partial charge is 0.492 e. The fraction of sp³-hybridized carbons (Fsp3) is 0.467. The molecule has 0 saturated heterocycles. The molecule has 1 aromatic carbocycles. The van der Waals surface area contributed by atoms with Crippen molar-refractivity contribution in [3.8, 4) is 17.2 Å². The molecule has 0 aromatic heterocycles. The number of aliphatic carboxylic acids is 1. The van der Waals surface area contributed by atoms with Crippen molar-refractivity contribution in [2.45, 2.75) is 6.42 Å². The van der Waals surface area contributed by atoms with Gasteiger partial charge in [0.05, 0.1) is 19.5 Å². The van der Waals surface area contributed by atoms with E-state index in [1.807, 2.05) is 0 Å². The molecule has 0 spiro atoms. The molecule has 2 N–H and O–H groups in total. The number of hydrogen-bond acceptors (Lipinski definition) is 6. The molecule has 23 heavy (non-hydrogen) atoms. The number of rotatable bonds is 9. The van der Waals surface area contributed by atoms with E-state index in [4.69, 9.17) is 19.3 Å². The highest BCUT2D eigenvalue weighted by Crippen LogP contribution is 2.34. The molecule has 0 fully saturated rings. The number of carboxylic acids is 1. The van der Waals surface area contributed by atoms with E-state index >= 15 is 0 Å². The van der Waals surface area contributed by atoms with Crippen molar-refractivity contribution in [3.05, 3.63) is 18.2 Å². The maximum absolute atomic E-state index is 11.7. The SMILES string of the molecule is CN(CCC(=O)O)CC(=O)NCCOc1ccc2c(c1)OCO2. The van der Waals surface area contributed by atoms with E-state index in [1.165, 1.54) is 0 Å². The molecule has 1 amide bonds. The molecule has 0 unspecified atom stereocenters. The fourth-order valence-corrected chi connectivity index (χ4v) is 1.99. The summed E-state index contributed by atoms with van der Waals surface area (Å²) in [5, 5.41) is 11.3. The number of fused-ring (bicyclic) bond motifs is 1. The minimum atomic E-state index is -0.880. The highest BCUT2D eigenvalue weighted by atomic mass is 16.7. The van der Waals surface area contributed by atoms with Gasteiger partial charge in [0.2, 0.25) is 12.7 Å². The molecule has 2 rings (SSSR count). The second-order valence-corrected chi connectivity index (χ2v) is 5.10. The third kappa shape index (κ3) is 5.67. The molecular weight excluding hydrogens is 304 g/mol. The van der Waals surface area contributed by atoms with Crippen LogP contribution in [0.4, 0.5) is 0 Å². The molecule has 1 aliphatic rings. The lowest BCUT2D eigenvalue weighted by Gasteiger charge is -2.15. The van der Waals surface area contributed by atoms with Gasteiger partial charge in [-0.2, -0.15) is 0 Å². The molecule has 126 valence electrons. The van der Waals surface area contributed by atoms with Gasteiger partial charge in [0.15, 0.2) is 11.5 Å². The summed E-state index contributed by atoms with van der Waals surface area (Å²) in [5.41, 5.74) is 0. The summed E-state index contributed by atoms with van der Waals surface area (Å²) in [5.74, 6) is 0.922. The minimum Gasteiger partial charge on any atom is -0.492 e. The molecule has 0 radical (unpaired) electrons. The lowest BCUT2D eigenvalue weighted by Crippen LogP contribution is -2.37. The summed E-state index contributed by atoms with van der Waals surface area (Å²) >= 11 is 0. The van der Waals surface area contributed by atoms with Crippen molar-refractivity contribution in [1.29, 1.82) is 0 Å². The predicted molar refractivity (Wildman–Crippen MR) is 80.8 cm³/mol. The number of carbonyl (C=O) groups is 2. The van der Waals surface area contributed by atoms with E-state index in [1.54, 1.807) is 30.1 Å². The second-order valence-electron chi connectivity index (χ2n) is 5.10. The van der Waals surface area contributed by atoms with Crippen LogP contribution in [0.5, 0.6) is 17.2 Å². The number of carboxylic acid groups (broad SMARTS) is 1. The number of benzene rings is 1. The zero-order chi connectivity index (χ0) is 16.7. The van der Waals surface area contributed by atoms with Gasteiger partial charge in [-0.3, -0.25) is 14.5 Å². The first-order valence-electron chi connectivity index (χ1n) is 7.24. The van der Waals surface area contributed by atoms with E-state index in [2.05, 4.69) is 5.32 Å². The standard InChI is InChI=1S/C15H20N2O6/c1-17(6-4-15(19)20)9-14(18)16-5-7-21-11-2-3-12-13(8-11)23-10-22-12/h2-3,8H,4-7,9-10H2,1H3,(H,16,18)(H,19,20). The maximum atomic E-state index is 11.7. The number of hydrogen-bond donors (Lipinski definition) is 2. The van der Waals surface area contributed by atoms with Crippen molar-refractivity contribution >= 4 is 11.9 Å². The van der Waals surface area contributed by atoms with Crippen LogP contribution in [0, 0.1) is 0 Å². The predicted octanol–water partition coefficient (Wildman–Crippen LogP) is 0.317. The average molecular weight is 324 g/mol. The van der Waals surface area contributed by atoms with E-state index in [0.717, 1.165) is 0 Å². The molecule has 0 atom stereocenters. The Kier molecular flexibility index (Phi) is 6.04. The fourth-order valence-electron chi connectivity index (χ4n) is 1.99. The van der Waals surface area contributed by atoms with Gasteiger partial charge >= 0.3 is 5.97 Å². The lowest BCUT2D eigenvalue weighted by atomic mass is 10.3. The number of amides is 1. The molecule has 0 aliphatic carbocycles. The summed E-state index contributed by atoms with van der Waals surface area (Å²) in [7, 11) is 1.70. The van der Waals surface area contributed by atoms with Gasteiger partial charge < -0.3 is 24.6 Å². The molecule has 1 heterocycles. The van der Waals surface area contributed by atoms with Crippen LogP contribution in [0.1, 0.15) is 6.42 Å². The highest BCUT2D eigenvalue weighted by Gasteiger charge is 2.13. The van der Waals surface area contributed by atoms with Gasteiger partial charge in [0.25, 0.3) is 0 Å². The molecule has 8 nitrogen and oxygen atoms in total. The van der Waals surface area contributed by atoms with Crippen LogP contribution in [0.25, 0.3) is 0 Å². The first kappa shape index (κ1) is 16.9. The first-order valence-corrected chi connectivity index (χ1v) is 7.24. The summed E-state index contributed by atoms with van der Waals surface area (Å²) in [6, 6.07) is 5.28. The Hall–Kier alpha value is -2.48. The van der Waals surface area contributed by atoms with Crippen molar-refractivity contribution in [2.24, 2.45) is 0 Å². The smallest absolute Gasteiger partial charge is 0.304 e. The maximum Gasteiger partial charge on any atom is 0.304 e. The van der Waals surface area contributed by atoms with Crippen molar-refractivity contribution in [3.63, 3.8) is 0 Å². The topological polar surface area (TPSA) is 97.3 Å². The zero-order valence-electron chi connectivity index (χ0n) is 12.9. The Balaban J connectivity index is 1.61. The van der Waals surface area contributed by atoms with Crippen LogP contribution in [-0.4, -0.2) is 62.0 Å². The van der Waals surface area contributed by atoms with Crippen LogP contribution in [0.15, 0.2) is 18.2 Å². The number of carbonyl (C=O) groups excluding carboxylic acids is 1.